The second-order valence-corrected chi connectivity index (χ2v) is 4.85. The van der Waals surface area contributed by atoms with Crippen LogP contribution in [0.2, 0.25) is 0 Å². The maximum absolute atomic E-state index is 11.9. The fourth-order valence-electron chi connectivity index (χ4n) is 2.65. The lowest BCUT2D eigenvalue weighted by Gasteiger charge is -2.21. The summed E-state index contributed by atoms with van der Waals surface area (Å²) in [5.41, 5.74) is 5.42. The van der Waals surface area contributed by atoms with Gasteiger partial charge in [0.2, 0.25) is 0 Å². The summed E-state index contributed by atoms with van der Waals surface area (Å²) in [5, 5.41) is 8.95. The number of nitrogen functional groups attached to an aromatic ring is 1. The molecule has 0 spiro atoms. The number of nitrogens with one attached hydrogen (secondary N) is 1. The van der Waals surface area contributed by atoms with E-state index in [0.717, 1.165) is 19.4 Å². The van der Waals surface area contributed by atoms with Gasteiger partial charge in [-0.05, 0) is 25.7 Å². The van der Waals surface area contributed by atoms with Gasteiger partial charge >= 0.3 is 5.69 Å². The Morgan fingerprint density at radius 1 is 1.47 bits per heavy atom. The van der Waals surface area contributed by atoms with Crippen LogP contribution in [0.25, 0.3) is 0 Å². The highest BCUT2D eigenvalue weighted by Gasteiger charge is 2.26. The molecule has 0 aliphatic carbocycles. The molecule has 7 nitrogen and oxygen atoms in total. The van der Waals surface area contributed by atoms with Crippen LogP contribution in [0.5, 0.6) is 0 Å². The maximum Gasteiger partial charge on any atom is 0.330 e. The van der Waals surface area contributed by atoms with Crippen molar-refractivity contribution in [2.45, 2.75) is 26.3 Å². The van der Waals surface area contributed by atoms with E-state index < -0.39 is 11.2 Å². The fraction of sp³-hybridized carbons (Fsp3) is 0.667. The predicted molar refractivity (Wildman–Crippen MR) is 73.4 cm³/mol. The van der Waals surface area contributed by atoms with Gasteiger partial charge in [0.25, 0.3) is 5.56 Å². The lowest BCUT2D eigenvalue weighted by molar-refractivity contribution is 0.263. The van der Waals surface area contributed by atoms with Gasteiger partial charge in [0.05, 0.1) is 0 Å². The predicted octanol–water partition coefficient (Wildman–Crippen LogP) is -0.653. The summed E-state index contributed by atoms with van der Waals surface area (Å²) in [5.74, 6) is 0.590. The number of nitrogens with zero attached hydrogens (tertiary/aromatic N) is 2. The first-order valence-corrected chi connectivity index (χ1v) is 6.56. The average molecular weight is 268 g/mol. The van der Waals surface area contributed by atoms with Crippen molar-refractivity contribution in [1.29, 1.82) is 0 Å². The number of H-pyrrole nitrogens is 1. The molecule has 7 heteroatoms. The molecule has 1 saturated heterocycles. The molecule has 1 aromatic rings. The Morgan fingerprint density at radius 3 is 2.84 bits per heavy atom. The maximum atomic E-state index is 11.9. The third-order valence-electron chi connectivity index (χ3n) is 3.67. The van der Waals surface area contributed by atoms with Gasteiger partial charge in [0, 0.05) is 26.2 Å². The lowest BCUT2D eigenvalue weighted by atomic mass is 10.1. The van der Waals surface area contributed by atoms with Crippen molar-refractivity contribution >= 4 is 11.5 Å². The molecule has 0 amide bonds. The van der Waals surface area contributed by atoms with E-state index in [2.05, 4.69) is 4.98 Å². The monoisotopic (exact) mass is 268 g/mol. The van der Waals surface area contributed by atoms with E-state index in [9.17, 15) is 9.59 Å². The Morgan fingerprint density at radius 2 is 2.21 bits per heavy atom. The van der Waals surface area contributed by atoms with Crippen LogP contribution in [0.3, 0.4) is 0 Å². The van der Waals surface area contributed by atoms with Crippen molar-refractivity contribution in [3.05, 3.63) is 20.8 Å². The van der Waals surface area contributed by atoms with Gasteiger partial charge in [-0.25, -0.2) is 4.79 Å². The molecular weight excluding hydrogens is 248 g/mol. The molecule has 19 heavy (non-hydrogen) atoms. The molecule has 4 N–H and O–H groups in total. The Hall–Kier alpha value is -1.76. The summed E-state index contributed by atoms with van der Waals surface area (Å²) in [4.78, 5) is 27.7. The summed E-state index contributed by atoms with van der Waals surface area (Å²) in [6.07, 6.45) is 1.65. The number of hydrogen-bond acceptors (Lipinski definition) is 5. The van der Waals surface area contributed by atoms with Gasteiger partial charge in [0.15, 0.2) is 0 Å². The average Bonchev–Trinajstić information content (AvgIpc) is 2.78. The van der Waals surface area contributed by atoms with Crippen LogP contribution >= 0.6 is 0 Å². The Balaban J connectivity index is 2.36. The quantitative estimate of drug-likeness (QED) is 0.673. The largest absolute Gasteiger partial charge is 0.396 e. The van der Waals surface area contributed by atoms with Crippen LogP contribution in [0.4, 0.5) is 11.5 Å². The summed E-state index contributed by atoms with van der Waals surface area (Å²) < 4.78 is 1.36. The molecule has 1 aliphatic rings. The first-order valence-electron chi connectivity index (χ1n) is 6.56. The van der Waals surface area contributed by atoms with Crippen molar-refractivity contribution in [3.63, 3.8) is 0 Å². The summed E-state index contributed by atoms with van der Waals surface area (Å²) in [7, 11) is 0. The molecular formula is C12H20N4O3. The Kier molecular flexibility index (Phi) is 3.94. The van der Waals surface area contributed by atoms with Crippen molar-refractivity contribution < 1.29 is 5.11 Å². The van der Waals surface area contributed by atoms with Gasteiger partial charge in [0.1, 0.15) is 11.5 Å². The van der Waals surface area contributed by atoms with E-state index in [1.807, 2.05) is 4.90 Å². The van der Waals surface area contributed by atoms with Crippen LogP contribution in [-0.2, 0) is 6.54 Å². The van der Waals surface area contributed by atoms with Crippen LogP contribution in [0.15, 0.2) is 9.59 Å². The number of hydrogen-bond donors (Lipinski definition) is 3. The van der Waals surface area contributed by atoms with Crippen molar-refractivity contribution in [3.8, 4) is 0 Å². The molecule has 2 rings (SSSR count). The molecule has 1 atom stereocenters. The minimum atomic E-state index is -0.472. The van der Waals surface area contributed by atoms with E-state index in [-0.39, 0.29) is 12.4 Å². The van der Waals surface area contributed by atoms with Gasteiger partial charge < -0.3 is 15.7 Å². The minimum Gasteiger partial charge on any atom is -0.396 e. The number of anilines is 2. The van der Waals surface area contributed by atoms with E-state index >= 15 is 0 Å². The standard InChI is InChI=1S/C12H20N4O3/c1-2-16-10(13)9(11(18)14-12(16)19)15-5-3-8(7-15)4-6-17/h8,17H,2-7,13H2,1H3,(H,14,18,19). The second-order valence-electron chi connectivity index (χ2n) is 4.85. The van der Waals surface area contributed by atoms with Gasteiger partial charge in [-0.15, -0.1) is 0 Å². The zero-order chi connectivity index (χ0) is 14.0. The molecule has 106 valence electrons. The van der Waals surface area contributed by atoms with Gasteiger partial charge in [-0.2, -0.15) is 0 Å². The first-order chi connectivity index (χ1) is 9.08. The number of rotatable bonds is 4. The van der Waals surface area contributed by atoms with Gasteiger partial charge in [-0.1, -0.05) is 0 Å². The van der Waals surface area contributed by atoms with Crippen LogP contribution in [-0.4, -0.2) is 34.4 Å². The zero-order valence-electron chi connectivity index (χ0n) is 11.1. The highest BCUT2D eigenvalue weighted by Crippen LogP contribution is 2.26. The molecule has 0 radical (unpaired) electrons. The smallest absolute Gasteiger partial charge is 0.330 e. The topological polar surface area (TPSA) is 104 Å². The highest BCUT2D eigenvalue weighted by molar-refractivity contribution is 5.62. The highest BCUT2D eigenvalue weighted by atomic mass is 16.3. The SMILES string of the molecule is CCn1c(N)c(N2CCC(CCO)C2)c(=O)[nH]c1=O. The van der Waals surface area contributed by atoms with Crippen LogP contribution in [0.1, 0.15) is 19.8 Å². The lowest BCUT2D eigenvalue weighted by Crippen LogP contribution is -2.37. The second kappa shape index (κ2) is 5.48. The van der Waals surface area contributed by atoms with E-state index in [0.29, 0.717) is 24.7 Å². The number of aliphatic hydroxyl groups is 1. The summed E-state index contributed by atoms with van der Waals surface area (Å²) >= 11 is 0. The summed E-state index contributed by atoms with van der Waals surface area (Å²) in [6.45, 7) is 3.79. The van der Waals surface area contributed by atoms with E-state index in [1.54, 1.807) is 6.92 Å². The minimum absolute atomic E-state index is 0.152. The molecule has 1 fully saturated rings. The molecule has 0 saturated carbocycles. The molecule has 0 aromatic carbocycles. The van der Waals surface area contributed by atoms with Crippen molar-refractivity contribution in [2.24, 2.45) is 5.92 Å². The molecule has 1 aliphatic heterocycles. The van der Waals surface area contributed by atoms with Crippen molar-refractivity contribution in [1.82, 2.24) is 9.55 Å². The van der Waals surface area contributed by atoms with E-state index in [4.69, 9.17) is 10.8 Å². The number of aromatic nitrogens is 2. The molecule has 0 bridgehead atoms. The Bertz CT molecular complexity index is 563. The molecule has 1 unspecified atom stereocenters. The van der Waals surface area contributed by atoms with Crippen molar-refractivity contribution in [2.75, 3.05) is 30.3 Å². The zero-order valence-corrected chi connectivity index (χ0v) is 11.1. The van der Waals surface area contributed by atoms with E-state index in [1.165, 1.54) is 4.57 Å². The number of aromatic amines is 1. The Labute approximate surface area is 110 Å². The fourth-order valence-corrected chi connectivity index (χ4v) is 2.65. The normalized spacial score (nSPS) is 19.1. The molecule has 2 heterocycles. The third kappa shape index (κ3) is 2.51. The van der Waals surface area contributed by atoms with Crippen LogP contribution in [0, 0.1) is 5.92 Å². The molecule has 1 aromatic heterocycles. The number of nitrogens with two attached hydrogens (primary N) is 1. The number of aliphatic hydroxyl groups excluding tert-OH is 1. The third-order valence-corrected chi connectivity index (χ3v) is 3.67. The summed E-state index contributed by atoms with van der Waals surface area (Å²) in [6, 6.07) is 0. The van der Waals surface area contributed by atoms with Gasteiger partial charge in [-0.3, -0.25) is 14.3 Å². The van der Waals surface area contributed by atoms with Crippen LogP contribution < -0.4 is 21.9 Å². The first kappa shape index (κ1) is 13.7.